The fraction of sp³-hybridized carbons (Fsp3) is 0.562. The van der Waals surface area contributed by atoms with Gasteiger partial charge in [-0.2, -0.15) is 0 Å². The van der Waals surface area contributed by atoms with E-state index in [1.165, 1.54) is 0 Å². The summed E-state index contributed by atoms with van der Waals surface area (Å²) in [6, 6.07) is 5.48. The van der Waals surface area contributed by atoms with Gasteiger partial charge in [-0.25, -0.2) is 0 Å². The normalized spacial score (nSPS) is 17.4. The number of piperidine rings is 1. The van der Waals surface area contributed by atoms with Crippen molar-refractivity contribution < 1.29 is 9.90 Å². The van der Waals surface area contributed by atoms with E-state index < -0.39 is 0 Å². The number of phenols is 1. The Labute approximate surface area is 120 Å². The molecule has 1 fully saturated rings. The van der Waals surface area contributed by atoms with Gasteiger partial charge in [-0.15, -0.1) is 0 Å². The first kappa shape index (κ1) is 14.9. The summed E-state index contributed by atoms with van der Waals surface area (Å²) < 4.78 is 0. The van der Waals surface area contributed by atoms with E-state index in [9.17, 15) is 9.90 Å². The lowest BCUT2D eigenvalue weighted by Gasteiger charge is -2.29. The van der Waals surface area contributed by atoms with Crippen molar-refractivity contribution in [2.75, 3.05) is 20.1 Å². The number of phenolic OH excluding ortho intramolecular Hbond substituents is 1. The zero-order valence-corrected chi connectivity index (χ0v) is 12.5. The third-order valence-corrected chi connectivity index (χ3v) is 3.99. The second-order valence-electron chi connectivity index (χ2n) is 5.98. The first-order valence-electron chi connectivity index (χ1n) is 7.29. The van der Waals surface area contributed by atoms with Crippen molar-refractivity contribution in [1.29, 1.82) is 0 Å². The molecule has 1 heterocycles. The van der Waals surface area contributed by atoms with E-state index in [2.05, 4.69) is 31.1 Å². The topological polar surface area (TPSA) is 52.6 Å². The van der Waals surface area contributed by atoms with Gasteiger partial charge in [0.2, 0.25) is 0 Å². The summed E-state index contributed by atoms with van der Waals surface area (Å²) >= 11 is 0. The van der Waals surface area contributed by atoms with Crippen LogP contribution in [0, 0.1) is 0 Å². The van der Waals surface area contributed by atoms with Crippen LogP contribution in [-0.2, 0) is 0 Å². The van der Waals surface area contributed by atoms with Crippen LogP contribution in [0.3, 0.4) is 0 Å². The van der Waals surface area contributed by atoms with Crippen LogP contribution in [0.25, 0.3) is 0 Å². The molecule has 0 unspecified atom stereocenters. The highest BCUT2D eigenvalue weighted by atomic mass is 16.3. The number of carbonyl (C=O) groups excluding carboxylic acids is 1. The Balaban J connectivity index is 2.07. The Morgan fingerprint density at radius 3 is 2.60 bits per heavy atom. The number of aromatic hydroxyl groups is 1. The SMILES string of the molecule is CC(C)c1ccc(O)c(C(=O)NC2CCN(C)CC2)c1. The minimum absolute atomic E-state index is 0.0554. The largest absolute Gasteiger partial charge is 0.507 e. The van der Waals surface area contributed by atoms with Crippen molar-refractivity contribution in [3.05, 3.63) is 29.3 Å². The maximum absolute atomic E-state index is 12.3. The van der Waals surface area contributed by atoms with Crippen LogP contribution in [0.2, 0.25) is 0 Å². The van der Waals surface area contributed by atoms with Crippen LogP contribution in [0.4, 0.5) is 0 Å². The summed E-state index contributed by atoms with van der Waals surface area (Å²) in [5.41, 5.74) is 1.45. The molecule has 0 aliphatic carbocycles. The monoisotopic (exact) mass is 276 g/mol. The molecule has 2 rings (SSSR count). The molecule has 1 saturated heterocycles. The Hall–Kier alpha value is -1.55. The fourth-order valence-corrected chi connectivity index (χ4v) is 2.51. The van der Waals surface area contributed by atoms with Crippen LogP contribution in [0.5, 0.6) is 5.75 Å². The van der Waals surface area contributed by atoms with Gasteiger partial charge in [-0.3, -0.25) is 4.79 Å². The zero-order valence-electron chi connectivity index (χ0n) is 12.5. The van der Waals surface area contributed by atoms with Gasteiger partial charge in [0.15, 0.2) is 0 Å². The molecule has 1 amide bonds. The average Bonchev–Trinajstić information content (AvgIpc) is 2.41. The number of likely N-dealkylation sites (tertiary alicyclic amines) is 1. The van der Waals surface area contributed by atoms with Crippen molar-refractivity contribution in [3.8, 4) is 5.75 Å². The highest BCUT2D eigenvalue weighted by molar-refractivity contribution is 5.97. The molecule has 1 aliphatic rings. The van der Waals surface area contributed by atoms with Crippen molar-refractivity contribution in [3.63, 3.8) is 0 Å². The molecule has 0 spiro atoms. The Morgan fingerprint density at radius 1 is 1.35 bits per heavy atom. The lowest BCUT2D eigenvalue weighted by molar-refractivity contribution is 0.0914. The molecule has 0 radical (unpaired) electrons. The molecule has 110 valence electrons. The molecule has 1 aromatic rings. The molecule has 0 atom stereocenters. The van der Waals surface area contributed by atoms with Gasteiger partial charge in [0.1, 0.15) is 5.75 Å². The van der Waals surface area contributed by atoms with Crippen molar-refractivity contribution in [2.24, 2.45) is 0 Å². The highest BCUT2D eigenvalue weighted by Gasteiger charge is 2.20. The number of carbonyl (C=O) groups is 1. The predicted octanol–water partition coefficient (Wildman–Crippen LogP) is 2.34. The molecule has 20 heavy (non-hydrogen) atoms. The zero-order chi connectivity index (χ0) is 14.7. The van der Waals surface area contributed by atoms with E-state index >= 15 is 0 Å². The molecule has 1 aromatic carbocycles. The number of hydrogen-bond donors (Lipinski definition) is 2. The number of amides is 1. The van der Waals surface area contributed by atoms with Crippen LogP contribution in [0.1, 0.15) is 48.5 Å². The summed E-state index contributed by atoms with van der Waals surface area (Å²) in [5.74, 6) is 0.227. The molecule has 0 bridgehead atoms. The third-order valence-electron chi connectivity index (χ3n) is 3.99. The van der Waals surface area contributed by atoms with Gasteiger partial charge in [-0.05, 0) is 56.6 Å². The molecule has 1 aliphatic heterocycles. The second kappa shape index (κ2) is 6.27. The summed E-state index contributed by atoms with van der Waals surface area (Å²) in [6.45, 7) is 6.15. The van der Waals surface area contributed by atoms with Crippen LogP contribution in [-0.4, -0.2) is 42.1 Å². The average molecular weight is 276 g/mol. The van der Waals surface area contributed by atoms with Gasteiger partial charge in [0.25, 0.3) is 5.91 Å². The first-order chi connectivity index (χ1) is 9.47. The van der Waals surface area contributed by atoms with Crippen LogP contribution < -0.4 is 5.32 Å². The standard InChI is InChI=1S/C16H24N2O2/c1-11(2)12-4-5-15(19)14(10-12)16(20)17-13-6-8-18(3)9-7-13/h4-5,10-11,13,19H,6-9H2,1-3H3,(H,17,20). The summed E-state index contributed by atoms with van der Waals surface area (Å²) in [5, 5.41) is 12.9. The maximum atomic E-state index is 12.3. The van der Waals surface area contributed by atoms with E-state index in [1.807, 2.05) is 6.07 Å². The lowest BCUT2D eigenvalue weighted by atomic mass is 9.99. The highest BCUT2D eigenvalue weighted by Crippen LogP contribution is 2.23. The van der Waals surface area contributed by atoms with Gasteiger partial charge in [0, 0.05) is 6.04 Å². The number of nitrogens with one attached hydrogen (secondary N) is 1. The van der Waals surface area contributed by atoms with Crippen LogP contribution in [0.15, 0.2) is 18.2 Å². The van der Waals surface area contributed by atoms with Gasteiger partial charge >= 0.3 is 0 Å². The van der Waals surface area contributed by atoms with E-state index in [1.54, 1.807) is 12.1 Å². The summed E-state index contributed by atoms with van der Waals surface area (Å²) in [4.78, 5) is 14.6. The molecule has 4 nitrogen and oxygen atoms in total. The maximum Gasteiger partial charge on any atom is 0.255 e. The minimum Gasteiger partial charge on any atom is -0.507 e. The molecule has 0 saturated carbocycles. The molecular weight excluding hydrogens is 252 g/mol. The number of nitrogens with zero attached hydrogens (tertiary/aromatic N) is 1. The number of benzene rings is 1. The van der Waals surface area contributed by atoms with Gasteiger partial charge < -0.3 is 15.3 Å². The van der Waals surface area contributed by atoms with Crippen molar-refractivity contribution in [2.45, 2.75) is 38.6 Å². The fourth-order valence-electron chi connectivity index (χ4n) is 2.51. The smallest absolute Gasteiger partial charge is 0.255 e. The molecule has 2 N–H and O–H groups in total. The van der Waals surface area contributed by atoms with E-state index in [0.29, 0.717) is 11.5 Å². The lowest BCUT2D eigenvalue weighted by Crippen LogP contribution is -2.43. The Morgan fingerprint density at radius 2 is 2.00 bits per heavy atom. The Bertz CT molecular complexity index is 477. The predicted molar refractivity (Wildman–Crippen MR) is 80.2 cm³/mol. The molecule has 0 aromatic heterocycles. The Kier molecular flexibility index (Phi) is 4.65. The number of hydrogen-bond acceptors (Lipinski definition) is 3. The van der Waals surface area contributed by atoms with E-state index in [4.69, 9.17) is 0 Å². The van der Waals surface area contributed by atoms with Gasteiger partial charge in [-0.1, -0.05) is 19.9 Å². The number of rotatable bonds is 3. The minimum atomic E-state index is -0.167. The van der Waals surface area contributed by atoms with Gasteiger partial charge in [0.05, 0.1) is 5.56 Å². The summed E-state index contributed by atoms with van der Waals surface area (Å²) in [7, 11) is 2.09. The van der Waals surface area contributed by atoms with Crippen LogP contribution >= 0.6 is 0 Å². The van der Waals surface area contributed by atoms with Crippen molar-refractivity contribution >= 4 is 5.91 Å². The summed E-state index contributed by atoms with van der Waals surface area (Å²) in [6.07, 6.45) is 1.93. The third kappa shape index (κ3) is 3.51. The molecule has 4 heteroatoms. The quantitative estimate of drug-likeness (QED) is 0.891. The van der Waals surface area contributed by atoms with E-state index in [0.717, 1.165) is 31.5 Å². The second-order valence-corrected chi connectivity index (χ2v) is 5.98. The van der Waals surface area contributed by atoms with Crippen molar-refractivity contribution in [1.82, 2.24) is 10.2 Å². The molecular formula is C16H24N2O2. The first-order valence-corrected chi connectivity index (χ1v) is 7.29. The van der Waals surface area contributed by atoms with E-state index in [-0.39, 0.29) is 17.7 Å².